The molecule has 0 atom stereocenters. The zero-order valence-corrected chi connectivity index (χ0v) is 9.98. The number of sulfone groups is 1. The number of nitrogens with two attached hydrogens (primary N) is 1. The van der Waals surface area contributed by atoms with Gasteiger partial charge in [0.1, 0.15) is 0 Å². The Morgan fingerprint density at radius 2 is 2.00 bits per heavy atom. The van der Waals surface area contributed by atoms with Crippen LogP contribution in [0.1, 0.15) is 5.69 Å². The molecule has 2 heterocycles. The van der Waals surface area contributed by atoms with E-state index in [1.54, 1.807) is 13.0 Å². The molecular formula is C11H11N3O2S. The number of aromatic nitrogens is 2. The molecule has 0 saturated heterocycles. The van der Waals surface area contributed by atoms with E-state index >= 15 is 0 Å². The summed E-state index contributed by atoms with van der Waals surface area (Å²) >= 11 is 0. The SMILES string of the molecule is Cc1nccc(S(=O)(=O)c2cccnc2)c1N. The summed E-state index contributed by atoms with van der Waals surface area (Å²) in [4.78, 5) is 7.92. The van der Waals surface area contributed by atoms with Gasteiger partial charge in [0.25, 0.3) is 0 Å². The number of hydrogen-bond acceptors (Lipinski definition) is 5. The van der Waals surface area contributed by atoms with Gasteiger partial charge in [-0.25, -0.2) is 8.42 Å². The van der Waals surface area contributed by atoms with Crippen molar-refractivity contribution in [2.45, 2.75) is 16.7 Å². The van der Waals surface area contributed by atoms with Gasteiger partial charge in [-0.3, -0.25) is 9.97 Å². The molecule has 0 aliphatic carbocycles. The molecule has 2 N–H and O–H groups in total. The van der Waals surface area contributed by atoms with Crippen LogP contribution in [0, 0.1) is 6.92 Å². The Hall–Kier alpha value is -1.95. The highest BCUT2D eigenvalue weighted by molar-refractivity contribution is 7.91. The normalized spacial score (nSPS) is 11.4. The summed E-state index contributed by atoms with van der Waals surface area (Å²) in [7, 11) is -3.62. The van der Waals surface area contributed by atoms with E-state index in [0.717, 1.165) is 0 Å². The van der Waals surface area contributed by atoms with Gasteiger partial charge in [-0.05, 0) is 25.1 Å². The minimum Gasteiger partial charge on any atom is -0.396 e. The Morgan fingerprint density at radius 3 is 2.65 bits per heavy atom. The van der Waals surface area contributed by atoms with Gasteiger partial charge in [0.15, 0.2) is 0 Å². The molecule has 2 rings (SSSR count). The Labute approximate surface area is 99.3 Å². The maximum atomic E-state index is 12.3. The molecule has 0 unspecified atom stereocenters. The topological polar surface area (TPSA) is 85.9 Å². The van der Waals surface area contributed by atoms with Crippen molar-refractivity contribution in [2.75, 3.05) is 5.73 Å². The van der Waals surface area contributed by atoms with E-state index in [4.69, 9.17) is 5.73 Å². The third-order valence-electron chi connectivity index (χ3n) is 2.38. The van der Waals surface area contributed by atoms with Gasteiger partial charge in [0.2, 0.25) is 9.84 Å². The Kier molecular flexibility index (Phi) is 2.81. The molecule has 6 heteroatoms. The van der Waals surface area contributed by atoms with Gasteiger partial charge in [-0.1, -0.05) is 0 Å². The molecule has 2 aromatic rings. The van der Waals surface area contributed by atoms with Crippen LogP contribution in [0.4, 0.5) is 5.69 Å². The first-order valence-corrected chi connectivity index (χ1v) is 6.38. The number of hydrogen-bond donors (Lipinski definition) is 1. The lowest BCUT2D eigenvalue weighted by molar-refractivity contribution is 0.596. The molecule has 0 spiro atoms. The molecule has 17 heavy (non-hydrogen) atoms. The van der Waals surface area contributed by atoms with Gasteiger partial charge in [-0.15, -0.1) is 0 Å². The van der Waals surface area contributed by atoms with Crippen LogP contribution in [0.25, 0.3) is 0 Å². The van der Waals surface area contributed by atoms with E-state index < -0.39 is 9.84 Å². The van der Waals surface area contributed by atoms with Gasteiger partial charge in [0, 0.05) is 18.6 Å². The lowest BCUT2D eigenvalue weighted by Crippen LogP contribution is -2.07. The van der Waals surface area contributed by atoms with Crippen molar-refractivity contribution in [3.05, 3.63) is 42.5 Å². The van der Waals surface area contributed by atoms with Crippen molar-refractivity contribution in [3.8, 4) is 0 Å². The lowest BCUT2D eigenvalue weighted by atomic mass is 10.3. The number of aryl methyl sites for hydroxylation is 1. The fraction of sp³-hybridized carbons (Fsp3) is 0.0909. The number of rotatable bonds is 2. The van der Waals surface area contributed by atoms with Crippen LogP contribution >= 0.6 is 0 Å². The second kappa shape index (κ2) is 4.14. The predicted octanol–water partition coefficient (Wildman–Crippen LogP) is 1.20. The number of pyridine rings is 2. The first kappa shape index (κ1) is 11.5. The minimum absolute atomic E-state index is 0.0676. The summed E-state index contributed by atoms with van der Waals surface area (Å²) in [5.74, 6) is 0. The first-order chi connectivity index (χ1) is 8.03. The van der Waals surface area contributed by atoms with E-state index in [0.29, 0.717) is 5.69 Å². The van der Waals surface area contributed by atoms with Gasteiger partial charge < -0.3 is 5.73 Å². The maximum Gasteiger partial charge on any atom is 0.210 e. The quantitative estimate of drug-likeness (QED) is 0.864. The van der Waals surface area contributed by atoms with Crippen LogP contribution in [0.2, 0.25) is 0 Å². The molecule has 0 radical (unpaired) electrons. The fourth-order valence-electron chi connectivity index (χ4n) is 1.42. The van der Waals surface area contributed by atoms with Crippen LogP contribution in [0.5, 0.6) is 0 Å². The molecule has 0 aliphatic heterocycles. The van der Waals surface area contributed by atoms with Gasteiger partial charge in [0.05, 0.1) is 21.2 Å². The fourth-order valence-corrected chi connectivity index (χ4v) is 2.81. The molecule has 0 saturated carbocycles. The minimum atomic E-state index is -3.62. The highest BCUT2D eigenvalue weighted by Gasteiger charge is 2.21. The first-order valence-electron chi connectivity index (χ1n) is 4.89. The van der Waals surface area contributed by atoms with E-state index in [1.807, 2.05) is 0 Å². The maximum absolute atomic E-state index is 12.3. The molecule has 0 aromatic carbocycles. The van der Waals surface area contributed by atoms with Crippen molar-refractivity contribution in [1.29, 1.82) is 0 Å². The van der Waals surface area contributed by atoms with Gasteiger partial charge >= 0.3 is 0 Å². The Morgan fingerprint density at radius 1 is 1.24 bits per heavy atom. The third kappa shape index (κ3) is 1.99. The van der Waals surface area contributed by atoms with Crippen molar-refractivity contribution >= 4 is 15.5 Å². The summed E-state index contributed by atoms with van der Waals surface area (Å²) < 4.78 is 24.5. The van der Waals surface area contributed by atoms with Crippen molar-refractivity contribution in [2.24, 2.45) is 0 Å². The summed E-state index contributed by atoms with van der Waals surface area (Å²) in [6, 6.07) is 4.44. The highest BCUT2D eigenvalue weighted by atomic mass is 32.2. The second-order valence-corrected chi connectivity index (χ2v) is 5.42. The number of nitrogen functional groups attached to an aromatic ring is 1. The van der Waals surface area contributed by atoms with E-state index in [9.17, 15) is 8.42 Å². The van der Waals surface area contributed by atoms with Crippen LogP contribution in [-0.2, 0) is 9.84 Å². The zero-order chi connectivity index (χ0) is 12.5. The highest BCUT2D eigenvalue weighted by Crippen LogP contribution is 2.26. The van der Waals surface area contributed by atoms with E-state index in [-0.39, 0.29) is 15.5 Å². The third-order valence-corrected chi connectivity index (χ3v) is 4.18. The smallest absolute Gasteiger partial charge is 0.210 e. The van der Waals surface area contributed by atoms with E-state index in [2.05, 4.69) is 9.97 Å². The summed E-state index contributed by atoms with van der Waals surface area (Å²) in [5.41, 5.74) is 6.42. The lowest BCUT2D eigenvalue weighted by Gasteiger charge is -2.08. The summed E-state index contributed by atoms with van der Waals surface area (Å²) in [5, 5.41) is 0. The molecule has 0 bridgehead atoms. The van der Waals surface area contributed by atoms with Crippen molar-refractivity contribution in [1.82, 2.24) is 9.97 Å². The molecule has 0 fully saturated rings. The number of anilines is 1. The van der Waals surface area contributed by atoms with Gasteiger partial charge in [-0.2, -0.15) is 0 Å². The van der Waals surface area contributed by atoms with Crippen molar-refractivity contribution in [3.63, 3.8) is 0 Å². The standard InChI is InChI=1S/C11H11N3O2S/c1-8-11(12)10(4-6-14-8)17(15,16)9-3-2-5-13-7-9/h2-7H,12H2,1H3. The van der Waals surface area contributed by atoms with Crippen LogP contribution in [-0.4, -0.2) is 18.4 Å². The summed E-state index contributed by atoms with van der Waals surface area (Å²) in [6.45, 7) is 1.66. The molecule has 5 nitrogen and oxygen atoms in total. The molecule has 2 aromatic heterocycles. The average molecular weight is 249 g/mol. The van der Waals surface area contributed by atoms with E-state index in [1.165, 1.54) is 30.7 Å². The Balaban J connectivity index is 2.65. The largest absolute Gasteiger partial charge is 0.396 e. The Bertz CT molecular complexity index is 639. The second-order valence-electron chi connectivity index (χ2n) is 3.50. The van der Waals surface area contributed by atoms with Crippen molar-refractivity contribution < 1.29 is 8.42 Å². The van der Waals surface area contributed by atoms with Crippen LogP contribution in [0.3, 0.4) is 0 Å². The van der Waals surface area contributed by atoms with Crippen LogP contribution < -0.4 is 5.73 Å². The molecule has 88 valence electrons. The zero-order valence-electron chi connectivity index (χ0n) is 9.16. The summed E-state index contributed by atoms with van der Waals surface area (Å²) in [6.07, 6.45) is 4.24. The monoisotopic (exact) mass is 249 g/mol. The number of nitrogens with zero attached hydrogens (tertiary/aromatic N) is 2. The average Bonchev–Trinajstić information content (AvgIpc) is 2.33. The van der Waals surface area contributed by atoms with Crippen LogP contribution in [0.15, 0.2) is 46.6 Å². The molecule has 0 amide bonds. The predicted molar refractivity (Wildman–Crippen MR) is 63.1 cm³/mol. The molecular weight excluding hydrogens is 238 g/mol. The molecule has 0 aliphatic rings.